The molecular weight excluding hydrogens is 412 g/mol. The maximum Gasteiger partial charge on any atom is 0.229 e. The van der Waals surface area contributed by atoms with Gasteiger partial charge in [0.2, 0.25) is 6.29 Å². The van der Waals surface area contributed by atoms with E-state index < -0.39 is 54.6 Å². The van der Waals surface area contributed by atoms with Gasteiger partial charge >= 0.3 is 0 Å². The van der Waals surface area contributed by atoms with Crippen molar-refractivity contribution in [3.63, 3.8) is 0 Å². The molecule has 1 saturated heterocycles. The number of allylic oxidation sites excluding steroid dienone is 1. The number of phenols is 3. The summed E-state index contributed by atoms with van der Waals surface area (Å²) in [4.78, 5) is 12.7. The number of aromatic hydroxyl groups is 3. The highest BCUT2D eigenvalue weighted by molar-refractivity contribution is 6.10. The number of ether oxygens (including phenoxy) is 2. The largest absolute Gasteiger partial charge is 0.508 e. The molecule has 0 aliphatic carbocycles. The summed E-state index contributed by atoms with van der Waals surface area (Å²) in [5.74, 6) is -2.08. The summed E-state index contributed by atoms with van der Waals surface area (Å²) in [7, 11) is 0. The minimum absolute atomic E-state index is 0.0508. The van der Waals surface area contributed by atoms with Gasteiger partial charge in [0.1, 0.15) is 53.0 Å². The second-order valence-corrected chi connectivity index (χ2v) is 6.94. The average molecular weight is 434 g/mol. The van der Waals surface area contributed by atoms with Crippen LogP contribution in [0.1, 0.15) is 15.9 Å². The van der Waals surface area contributed by atoms with Crippen LogP contribution in [0.2, 0.25) is 0 Å². The van der Waals surface area contributed by atoms with Crippen LogP contribution in [0.25, 0.3) is 6.08 Å². The Morgan fingerprint density at radius 3 is 2.29 bits per heavy atom. The number of aliphatic hydroxyl groups excluding tert-OH is 4. The van der Waals surface area contributed by atoms with Crippen LogP contribution in [-0.2, 0) is 4.74 Å². The van der Waals surface area contributed by atoms with Crippen molar-refractivity contribution in [1.29, 1.82) is 0 Å². The van der Waals surface area contributed by atoms with Crippen LogP contribution in [-0.4, -0.2) is 78.8 Å². The Morgan fingerprint density at radius 2 is 1.65 bits per heavy atom. The van der Waals surface area contributed by atoms with E-state index in [1.54, 1.807) is 12.1 Å². The molecule has 0 amide bonds. The SMILES string of the molecule is O=C(/C=C/c1ccc(O)cc1)c1c(O)cc(O)cc1O[C@@H]1OC(CO)C(O)C(O)C1O. The molecular formula is C21H22O10. The maximum atomic E-state index is 12.7. The lowest BCUT2D eigenvalue weighted by Gasteiger charge is -2.39. The van der Waals surface area contributed by atoms with Crippen LogP contribution in [0.5, 0.6) is 23.0 Å². The standard InChI is InChI=1S/C21H22O10/c22-9-16-18(27)19(28)20(29)21(31-16)30-15-8-12(24)7-14(26)17(15)13(25)6-3-10-1-4-11(23)5-2-10/h1-8,16,18-24,26-29H,9H2/b6-3+/t16?,18?,19?,20?,21-/m1/s1. The molecule has 31 heavy (non-hydrogen) atoms. The number of carbonyl (C=O) groups excluding carboxylic acids is 1. The summed E-state index contributed by atoms with van der Waals surface area (Å²) in [5, 5.41) is 68.5. The van der Waals surface area contributed by atoms with Crippen molar-refractivity contribution < 1.29 is 50.0 Å². The van der Waals surface area contributed by atoms with Gasteiger partial charge in [-0.1, -0.05) is 18.2 Å². The topological polar surface area (TPSA) is 177 Å². The second-order valence-electron chi connectivity index (χ2n) is 6.94. The third-order valence-corrected chi connectivity index (χ3v) is 4.72. The molecule has 0 aromatic heterocycles. The van der Waals surface area contributed by atoms with E-state index in [4.69, 9.17) is 9.47 Å². The predicted molar refractivity (Wildman–Crippen MR) is 106 cm³/mol. The number of ketones is 1. The zero-order chi connectivity index (χ0) is 22.7. The van der Waals surface area contributed by atoms with Gasteiger partial charge in [-0.3, -0.25) is 4.79 Å². The van der Waals surface area contributed by atoms with Crippen LogP contribution in [0.4, 0.5) is 0 Å². The van der Waals surface area contributed by atoms with E-state index in [-0.39, 0.29) is 17.1 Å². The fourth-order valence-electron chi connectivity index (χ4n) is 3.06. The van der Waals surface area contributed by atoms with E-state index >= 15 is 0 Å². The Hall–Kier alpha value is -3.15. The van der Waals surface area contributed by atoms with Gasteiger partial charge in [0.25, 0.3) is 0 Å². The average Bonchev–Trinajstić information content (AvgIpc) is 2.73. The lowest BCUT2D eigenvalue weighted by Crippen LogP contribution is -2.60. The molecule has 166 valence electrons. The highest BCUT2D eigenvalue weighted by atomic mass is 16.7. The Bertz CT molecular complexity index is 953. The maximum absolute atomic E-state index is 12.7. The minimum atomic E-state index is -1.75. The predicted octanol–water partition coefficient (Wildman–Crippen LogP) is -0.122. The molecule has 0 radical (unpaired) electrons. The van der Waals surface area contributed by atoms with E-state index in [9.17, 15) is 40.5 Å². The highest BCUT2D eigenvalue weighted by Crippen LogP contribution is 2.36. The molecule has 1 aliphatic heterocycles. The number of hydrogen-bond acceptors (Lipinski definition) is 10. The molecule has 3 rings (SSSR count). The Labute approximate surface area is 176 Å². The first-order valence-electron chi connectivity index (χ1n) is 9.26. The molecule has 5 atom stereocenters. The molecule has 1 fully saturated rings. The van der Waals surface area contributed by atoms with Crippen molar-refractivity contribution in [3.05, 3.63) is 53.6 Å². The summed E-state index contributed by atoms with van der Waals surface area (Å²) >= 11 is 0. The Balaban J connectivity index is 1.89. The van der Waals surface area contributed by atoms with Gasteiger partial charge in [0.05, 0.1) is 6.61 Å². The van der Waals surface area contributed by atoms with Gasteiger partial charge in [-0.05, 0) is 23.8 Å². The highest BCUT2D eigenvalue weighted by Gasteiger charge is 2.45. The van der Waals surface area contributed by atoms with Gasteiger partial charge < -0.3 is 45.2 Å². The van der Waals surface area contributed by atoms with Crippen molar-refractivity contribution in [2.24, 2.45) is 0 Å². The second kappa shape index (κ2) is 9.33. The molecule has 0 bridgehead atoms. The molecule has 2 aromatic rings. The summed E-state index contributed by atoms with van der Waals surface area (Å²) in [6.07, 6.45) is -5.39. The molecule has 0 saturated carbocycles. The van der Waals surface area contributed by atoms with E-state index in [0.717, 1.165) is 18.2 Å². The van der Waals surface area contributed by atoms with Crippen molar-refractivity contribution in [1.82, 2.24) is 0 Å². The summed E-state index contributed by atoms with van der Waals surface area (Å²) in [5.41, 5.74) is 0.227. The van der Waals surface area contributed by atoms with E-state index in [1.165, 1.54) is 18.2 Å². The van der Waals surface area contributed by atoms with Crippen molar-refractivity contribution in [2.45, 2.75) is 30.7 Å². The number of aliphatic hydroxyl groups is 4. The quantitative estimate of drug-likeness (QED) is 0.239. The van der Waals surface area contributed by atoms with Gasteiger partial charge in [-0.25, -0.2) is 0 Å². The zero-order valence-electron chi connectivity index (χ0n) is 16.1. The van der Waals surface area contributed by atoms with Gasteiger partial charge in [0, 0.05) is 12.1 Å². The monoisotopic (exact) mass is 434 g/mol. The number of carbonyl (C=O) groups is 1. The first kappa shape index (κ1) is 22.5. The Morgan fingerprint density at radius 1 is 0.968 bits per heavy atom. The molecule has 7 N–H and O–H groups in total. The number of benzene rings is 2. The van der Waals surface area contributed by atoms with Crippen molar-refractivity contribution in [3.8, 4) is 23.0 Å². The molecule has 1 heterocycles. The fraction of sp³-hybridized carbons (Fsp3) is 0.286. The van der Waals surface area contributed by atoms with E-state index in [1.807, 2.05) is 0 Å². The van der Waals surface area contributed by atoms with Gasteiger partial charge in [0.15, 0.2) is 5.78 Å². The molecule has 2 aromatic carbocycles. The third kappa shape index (κ3) is 4.95. The normalized spacial score (nSPS) is 26.1. The molecule has 1 aliphatic rings. The van der Waals surface area contributed by atoms with Crippen LogP contribution < -0.4 is 4.74 Å². The first-order valence-corrected chi connectivity index (χ1v) is 9.26. The lowest BCUT2D eigenvalue weighted by atomic mass is 9.99. The van der Waals surface area contributed by atoms with Gasteiger partial charge in [-0.15, -0.1) is 0 Å². The molecule has 0 spiro atoms. The molecule has 4 unspecified atom stereocenters. The molecule has 10 heteroatoms. The lowest BCUT2D eigenvalue weighted by molar-refractivity contribution is -0.277. The van der Waals surface area contributed by atoms with Crippen LogP contribution in [0.3, 0.4) is 0 Å². The van der Waals surface area contributed by atoms with Crippen LogP contribution >= 0.6 is 0 Å². The van der Waals surface area contributed by atoms with E-state index in [2.05, 4.69) is 0 Å². The summed E-state index contributed by atoms with van der Waals surface area (Å²) in [6.45, 7) is -0.683. The van der Waals surface area contributed by atoms with Crippen LogP contribution in [0, 0.1) is 0 Å². The number of phenolic OH excluding ortho intramolecular Hbond substituents is 3. The summed E-state index contributed by atoms with van der Waals surface area (Å²) < 4.78 is 10.7. The van der Waals surface area contributed by atoms with Crippen LogP contribution in [0.15, 0.2) is 42.5 Å². The fourth-order valence-corrected chi connectivity index (χ4v) is 3.06. The Kier molecular flexibility index (Phi) is 6.78. The number of rotatable bonds is 6. The summed E-state index contributed by atoms with van der Waals surface area (Å²) in [6, 6.07) is 7.89. The van der Waals surface area contributed by atoms with E-state index in [0.29, 0.717) is 5.56 Å². The molecule has 10 nitrogen and oxygen atoms in total. The smallest absolute Gasteiger partial charge is 0.229 e. The van der Waals surface area contributed by atoms with Gasteiger partial charge in [-0.2, -0.15) is 0 Å². The zero-order valence-corrected chi connectivity index (χ0v) is 16.1. The first-order chi connectivity index (χ1) is 14.7. The third-order valence-electron chi connectivity index (χ3n) is 4.72. The van der Waals surface area contributed by atoms with Crippen molar-refractivity contribution >= 4 is 11.9 Å². The number of hydrogen-bond donors (Lipinski definition) is 7. The minimum Gasteiger partial charge on any atom is -0.508 e. The van der Waals surface area contributed by atoms with Crippen molar-refractivity contribution in [2.75, 3.05) is 6.61 Å².